The Bertz CT molecular complexity index is 894. The third-order valence-electron chi connectivity index (χ3n) is 3.80. The minimum atomic E-state index is -0.384. The number of nitrogens with zero attached hydrogens (tertiary/aromatic N) is 3. The van der Waals surface area contributed by atoms with Crippen LogP contribution in [0.25, 0.3) is 0 Å². The summed E-state index contributed by atoms with van der Waals surface area (Å²) in [6.45, 7) is -0.116. The van der Waals surface area contributed by atoms with Crippen LogP contribution in [-0.4, -0.2) is 23.0 Å². The maximum atomic E-state index is 10.1. The van der Waals surface area contributed by atoms with Crippen molar-refractivity contribution >= 4 is 17.6 Å². The summed E-state index contributed by atoms with van der Waals surface area (Å²) in [5, 5.41) is 28.0. The van der Waals surface area contributed by atoms with Crippen molar-refractivity contribution in [2.24, 2.45) is 15.2 Å². The Balaban J connectivity index is 1.80. The van der Waals surface area contributed by atoms with E-state index in [9.17, 15) is 10.2 Å². The minimum absolute atomic E-state index is 0.0946. The molecule has 0 radical (unpaired) electrons. The number of benzene rings is 3. The zero-order chi connectivity index (χ0) is 18.2. The third-order valence-corrected chi connectivity index (χ3v) is 3.80. The van der Waals surface area contributed by atoms with Gasteiger partial charge in [-0.3, -0.25) is 4.99 Å². The molecule has 2 N–H and O–H groups in total. The highest BCUT2D eigenvalue weighted by atomic mass is 16.3. The van der Waals surface area contributed by atoms with Gasteiger partial charge in [0, 0.05) is 11.8 Å². The molecule has 0 aliphatic heterocycles. The number of hydrogen-bond donors (Lipinski definition) is 2. The predicted molar refractivity (Wildman–Crippen MR) is 103 cm³/mol. The van der Waals surface area contributed by atoms with Crippen LogP contribution in [0.2, 0.25) is 0 Å². The summed E-state index contributed by atoms with van der Waals surface area (Å²) < 4.78 is 0. The zero-order valence-electron chi connectivity index (χ0n) is 14.1. The van der Waals surface area contributed by atoms with E-state index >= 15 is 0 Å². The van der Waals surface area contributed by atoms with Crippen molar-refractivity contribution in [2.45, 2.75) is 6.04 Å². The van der Waals surface area contributed by atoms with Gasteiger partial charge in [-0.05, 0) is 35.9 Å². The molecule has 130 valence electrons. The molecule has 0 aromatic heterocycles. The third kappa shape index (κ3) is 4.62. The van der Waals surface area contributed by atoms with Crippen LogP contribution in [0.3, 0.4) is 0 Å². The second-order valence-electron chi connectivity index (χ2n) is 5.67. The first kappa shape index (κ1) is 17.5. The molecule has 26 heavy (non-hydrogen) atoms. The Labute approximate surface area is 152 Å². The highest BCUT2D eigenvalue weighted by molar-refractivity contribution is 5.85. The number of aliphatic hydroxyl groups is 1. The van der Waals surface area contributed by atoms with Gasteiger partial charge >= 0.3 is 0 Å². The molecule has 0 heterocycles. The average Bonchev–Trinajstić information content (AvgIpc) is 2.70. The van der Waals surface area contributed by atoms with E-state index in [0.717, 1.165) is 11.3 Å². The first-order chi connectivity index (χ1) is 12.8. The molecule has 0 unspecified atom stereocenters. The molecule has 3 aromatic carbocycles. The summed E-state index contributed by atoms with van der Waals surface area (Å²) in [7, 11) is 0. The molecular formula is C21H19N3O2. The van der Waals surface area contributed by atoms with E-state index in [2.05, 4.69) is 15.2 Å². The van der Waals surface area contributed by atoms with Crippen LogP contribution in [0.5, 0.6) is 5.75 Å². The number of aromatic hydroxyl groups is 1. The quantitative estimate of drug-likeness (QED) is 0.489. The maximum absolute atomic E-state index is 10.1. The van der Waals surface area contributed by atoms with Crippen molar-refractivity contribution in [3.8, 4) is 5.75 Å². The van der Waals surface area contributed by atoms with Gasteiger partial charge in [-0.1, -0.05) is 48.5 Å². The summed E-state index contributed by atoms with van der Waals surface area (Å²) in [5.74, 6) is 0.0946. The van der Waals surface area contributed by atoms with Gasteiger partial charge in [0.05, 0.1) is 24.0 Å². The highest BCUT2D eigenvalue weighted by Gasteiger charge is 2.08. The summed E-state index contributed by atoms with van der Waals surface area (Å²) in [6.07, 6.45) is 1.55. The molecule has 0 bridgehead atoms. The van der Waals surface area contributed by atoms with Crippen molar-refractivity contribution in [1.29, 1.82) is 0 Å². The fourth-order valence-electron chi connectivity index (χ4n) is 2.40. The van der Waals surface area contributed by atoms with Gasteiger partial charge in [0.15, 0.2) is 0 Å². The van der Waals surface area contributed by atoms with E-state index in [1.54, 1.807) is 24.4 Å². The van der Waals surface area contributed by atoms with Gasteiger partial charge in [0.25, 0.3) is 0 Å². The largest absolute Gasteiger partial charge is 0.507 e. The first-order valence-corrected chi connectivity index (χ1v) is 8.25. The Morgan fingerprint density at radius 3 is 2.15 bits per heavy atom. The number of aliphatic imine (C=N–C) groups is 1. The van der Waals surface area contributed by atoms with Crippen molar-refractivity contribution in [2.75, 3.05) is 6.61 Å². The molecule has 0 amide bonds. The number of aliphatic hydroxyl groups excluding tert-OH is 1. The topological polar surface area (TPSA) is 77.5 Å². The zero-order valence-corrected chi connectivity index (χ0v) is 14.1. The standard InChI is InChI=1S/C21H19N3O2/c25-15-20(16-7-3-1-4-8-16)22-14-17-13-19(11-12-21(17)26)24-23-18-9-5-2-6-10-18/h1-14,20,25-26H,15H2/t20-/m0/s1. The smallest absolute Gasteiger partial charge is 0.124 e. The van der Waals surface area contributed by atoms with E-state index in [4.69, 9.17) is 0 Å². The Morgan fingerprint density at radius 2 is 1.46 bits per heavy atom. The molecule has 0 aliphatic carbocycles. The number of hydrogen-bond acceptors (Lipinski definition) is 5. The SMILES string of the molecule is OC[C@H](N=Cc1cc(N=Nc2ccccc2)ccc1O)c1ccccc1. The molecule has 3 aromatic rings. The van der Waals surface area contributed by atoms with Crippen LogP contribution in [0, 0.1) is 0 Å². The normalized spacial score (nSPS) is 12.7. The van der Waals surface area contributed by atoms with E-state index in [0.29, 0.717) is 11.3 Å². The lowest BCUT2D eigenvalue weighted by Gasteiger charge is -2.09. The molecule has 0 fully saturated rings. The lowest BCUT2D eigenvalue weighted by atomic mass is 10.1. The van der Waals surface area contributed by atoms with E-state index in [1.807, 2.05) is 60.7 Å². The van der Waals surface area contributed by atoms with E-state index in [-0.39, 0.29) is 18.4 Å². The van der Waals surface area contributed by atoms with Crippen LogP contribution in [-0.2, 0) is 0 Å². The molecule has 5 heteroatoms. The Hall–Kier alpha value is -3.31. The van der Waals surface area contributed by atoms with Crippen molar-refractivity contribution in [1.82, 2.24) is 0 Å². The van der Waals surface area contributed by atoms with Gasteiger partial charge in [-0.25, -0.2) is 0 Å². The maximum Gasteiger partial charge on any atom is 0.124 e. The number of phenols is 1. The van der Waals surface area contributed by atoms with Crippen LogP contribution in [0.4, 0.5) is 11.4 Å². The van der Waals surface area contributed by atoms with E-state index < -0.39 is 0 Å². The molecule has 0 saturated carbocycles. The van der Waals surface area contributed by atoms with Crippen LogP contribution >= 0.6 is 0 Å². The summed E-state index contributed by atoms with van der Waals surface area (Å²) in [4.78, 5) is 4.40. The molecule has 5 nitrogen and oxygen atoms in total. The predicted octanol–water partition coefficient (Wildman–Crippen LogP) is 4.96. The molecule has 0 aliphatic rings. The van der Waals surface area contributed by atoms with E-state index in [1.165, 1.54) is 0 Å². The number of rotatable bonds is 6. The minimum Gasteiger partial charge on any atom is -0.507 e. The number of phenolic OH excluding ortho intramolecular Hbond substituents is 1. The van der Waals surface area contributed by atoms with Crippen molar-refractivity contribution < 1.29 is 10.2 Å². The molecule has 3 rings (SSSR count). The van der Waals surface area contributed by atoms with Crippen LogP contribution in [0.1, 0.15) is 17.2 Å². The molecule has 0 saturated heterocycles. The summed E-state index contributed by atoms with van der Waals surface area (Å²) in [5.41, 5.74) is 2.78. The van der Waals surface area contributed by atoms with Gasteiger partial charge < -0.3 is 10.2 Å². The molecule has 0 spiro atoms. The molecule has 1 atom stereocenters. The lowest BCUT2D eigenvalue weighted by Crippen LogP contribution is -2.01. The molecular weight excluding hydrogens is 326 g/mol. The van der Waals surface area contributed by atoms with Crippen LogP contribution in [0.15, 0.2) is 94.1 Å². The van der Waals surface area contributed by atoms with Gasteiger partial charge in [0.2, 0.25) is 0 Å². The van der Waals surface area contributed by atoms with Gasteiger partial charge in [-0.2, -0.15) is 10.2 Å². The highest BCUT2D eigenvalue weighted by Crippen LogP contribution is 2.25. The van der Waals surface area contributed by atoms with Crippen molar-refractivity contribution in [3.05, 3.63) is 90.0 Å². The Kier molecular flexibility index (Phi) is 5.85. The average molecular weight is 345 g/mol. The first-order valence-electron chi connectivity index (χ1n) is 8.25. The number of azo groups is 1. The fraction of sp³-hybridized carbons (Fsp3) is 0.0952. The van der Waals surface area contributed by atoms with Gasteiger partial charge in [0.1, 0.15) is 5.75 Å². The van der Waals surface area contributed by atoms with Gasteiger partial charge in [-0.15, -0.1) is 0 Å². The lowest BCUT2D eigenvalue weighted by molar-refractivity contribution is 0.269. The second-order valence-corrected chi connectivity index (χ2v) is 5.67. The van der Waals surface area contributed by atoms with Crippen molar-refractivity contribution in [3.63, 3.8) is 0 Å². The second kappa shape index (κ2) is 8.69. The Morgan fingerprint density at radius 1 is 0.808 bits per heavy atom. The van der Waals surface area contributed by atoms with Crippen LogP contribution < -0.4 is 0 Å². The summed E-state index contributed by atoms with van der Waals surface area (Å²) in [6, 6.07) is 23.5. The monoisotopic (exact) mass is 345 g/mol. The summed E-state index contributed by atoms with van der Waals surface area (Å²) >= 11 is 0. The fourth-order valence-corrected chi connectivity index (χ4v) is 2.40.